The van der Waals surface area contributed by atoms with Gasteiger partial charge in [-0.25, -0.2) is 4.79 Å². The second-order valence-corrected chi connectivity index (χ2v) is 4.76. The van der Waals surface area contributed by atoms with Crippen molar-refractivity contribution >= 4 is 23.2 Å². The van der Waals surface area contributed by atoms with Gasteiger partial charge >= 0.3 is 5.97 Å². The Morgan fingerprint density at radius 3 is 3.11 bits per heavy atom. The fourth-order valence-corrected chi connectivity index (χ4v) is 2.58. The van der Waals surface area contributed by atoms with E-state index in [0.29, 0.717) is 31.8 Å². The van der Waals surface area contributed by atoms with Crippen molar-refractivity contribution < 1.29 is 14.3 Å². The summed E-state index contributed by atoms with van der Waals surface area (Å²) in [5, 5.41) is 6.77. The Hall–Kier alpha value is -1.40. The first-order valence-electron chi connectivity index (χ1n) is 5.94. The number of carbonyl (C=O) groups excluding carboxylic acids is 2. The molecular weight excluding hydrogens is 252 g/mol. The van der Waals surface area contributed by atoms with E-state index in [0.717, 1.165) is 0 Å². The second-order valence-electron chi connectivity index (χ2n) is 3.98. The van der Waals surface area contributed by atoms with Crippen LogP contribution in [0.4, 0.5) is 0 Å². The summed E-state index contributed by atoms with van der Waals surface area (Å²) < 4.78 is 5.01. The maximum Gasteiger partial charge on any atom is 0.330 e. The number of esters is 1. The van der Waals surface area contributed by atoms with Gasteiger partial charge in [0.05, 0.1) is 12.2 Å². The van der Waals surface area contributed by atoms with E-state index in [9.17, 15) is 9.59 Å². The molecule has 1 aromatic heterocycles. The highest BCUT2D eigenvalue weighted by atomic mass is 32.1. The molecule has 18 heavy (non-hydrogen) atoms. The molecule has 1 saturated heterocycles. The maximum atomic E-state index is 12.3. The van der Waals surface area contributed by atoms with Gasteiger partial charge in [-0.15, -0.1) is 0 Å². The van der Waals surface area contributed by atoms with Gasteiger partial charge in [-0.3, -0.25) is 4.79 Å². The smallest absolute Gasteiger partial charge is 0.330 e. The van der Waals surface area contributed by atoms with Crippen molar-refractivity contribution in [2.75, 3.05) is 26.2 Å². The Balaban J connectivity index is 2.12. The zero-order valence-corrected chi connectivity index (χ0v) is 11.0. The molecule has 0 bridgehead atoms. The molecule has 2 heterocycles. The fourth-order valence-electron chi connectivity index (χ4n) is 1.95. The average molecular weight is 268 g/mol. The molecule has 1 aromatic rings. The molecule has 0 saturated carbocycles. The van der Waals surface area contributed by atoms with Crippen LogP contribution >= 0.6 is 11.3 Å². The van der Waals surface area contributed by atoms with E-state index in [1.165, 1.54) is 11.3 Å². The first-order valence-corrected chi connectivity index (χ1v) is 6.89. The highest BCUT2D eigenvalue weighted by Crippen LogP contribution is 2.14. The van der Waals surface area contributed by atoms with Gasteiger partial charge < -0.3 is 15.0 Å². The van der Waals surface area contributed by atoms with Crippen LogP contribution in [-0.2, 0) is 9.53 Å². The van der Waals surface area contributed by atoms with Crippen molar-refractivity contribution in [3.05, 3.63) is 22.4 Å². The molecule has 1 amide bonds. The standard InChI is InChI=1S/C12H16N2O3S/c1-2-17-12(16)10-7-13-4-5-14(10)11(15)9-3-6-18-8-9/h3,6,8,10,13H,2,4-5,7H2,1H3. The number of thiophene rings is 1. The van der Waals surface area contributed by atoms with Crippen LogP contribution in [0.5, 0.6) is 0 Å². The third-order valence-electron chi connectivity index (χ3n) is 2.83. The van der Waals surface area contributed by atoms with Crippen molar-refractivity contribution in [2.45, 2.75) is 13.0 Å². The molecule has 98 valence electrons. The van der Waals surface area contributed by atoms with Crippen molar-refractivity contribution in [3.8, 4) is 0 Å². The summed E-state index contributed by atoms with van der Waals surface area (Å²) in [6.07, 6.45) is 0. The number of carbonyl (C=O) groups is 2. The molecular formula is C12H16N2O3S. The summed E-state index contributed by atoms with van der Waals surface area (Å²) in [4.78, 5) is 25.7. The van der Waals surface area contributed by atoms with Crippen LogP contribution in [0.15, 0.2) is 16.8 Å². The first-order chi connectivity index (χ1) is 8.74. The maximum absolute atomic E-state index is 12.3. The molecule has 1 unspecified atom stereocenters. The van der Waals surface area contributed by atoms with Crippen LogP contribution in [-0.4, -0.2) is 49.1 Å². The van der Waals surface area contributed by atoms with E-state index in [1.807, 2.05) is 5.38 Å². The summed E-state index contributed by atoms with van der Waals surface area (Å²) in [6, 6.07) is 1.25. The molecule has 0 aliphatic carbocycles. The predicted octanol–water partition coefficient (Wildman–Crippen LogP) is 0.725. The lowest BCUT2D eigenvalue weighted by Crippen LogP contribution is -2.57. The second kappa shape index (κ2) is 5.97. The van der Waals surface area contributed by atoms with Gasteiger partial charge in [0.25, 0.3) is 5.91 Å². The summed E-state index contributed by atoms with van der Waals surface area (Å²) in [5.74, 6) is -0.441. The third-order valence-corrected chi connectivity index (χ3v) is 3.51. The van der Waals surface area contributed by atoms with Crippen molar-refractivity contribution in [1.82, 2.24) is 10.2 Å². The molecule has 1 aliphatic rings. The predicted molar refractivity (Wildman–Crippen MR) is 68.6 cm³/mol. The van der Waals surface area contributed by atoms with Gasteiger partial charge in [-0.1, -0.05) is 0 Å². The van der Waals surface area contributed by atoms with Crippen molar-refractivity contribution in [1.29, 1.82) is 0 Å². The van der Waals surface area contributed by atoms with Gasteiger partial charge in [0, 0.05) is 25.0 Å². The van der Waals surface area contributed by atoms with Gasteiger partial charge in [0.15, 0.2) is 0 Å². The van der Waals surface area contributed by atoms with Gasteiger partial charge in [-0.2, -0.15) is 11.3 Å². The normalized spacial score (nSPS) is 19.6. The van der Waals surface area contributed by atoms with E-state index in [-0.39, 0.29) is 11.9 Å². The number of piperazine rings is 1. The van der Waals surface area contributed by atoms with Gasteiger partial charge in [-0.05, 0) is 18.4 Å². The molecule has 1 N–H and O–H groups in total. The lowest BCUT2D eigenvalue weighted by molar-refractivity contribution is -0.149. The Labute approximate surface area is 110 Å². The van der Waals surface area contributed by atoms with E-state index >= 15 is 0 Å². The van der Waals surface area contributed by atoms with Gasteiger partial charge in [0.2, 0.25) is 0 Å². The van der Waals surface area contributed by atoms with Crippen molar-refractivity contribution in [2.24, 2.45) is 0 Å². The topological polar surface area (TPSA) is 58.6 Å². The Morgan fingerprint density at radius 1 is 1.61 bits per heavy atom. The zero-order valence-electron chi connectivity index (χ0n) is 10.2. The zero-order chi connectivity index (χ0) is 13.0. The monoisotopic (exact) mass is 268 g/mol. The lowest BCUT2D eigenvalue weighted by Gasteiger charge is -2.34. The Kier molecular flexibility index (Phi) is 4.33. The molecule has 1 aliphatic heterocycles. The van der Waals surface area contributed by atoms with E-state index in [2.05, 4.69) is 5.32 Å². The van der Waals surface area contributed by atoms with Crippen LogP contribution in [0, 0.1) is 0 Å². The summed E-state index contributed by atoms with van der Waals surface area (Å²) in [7, 11) is 0. The van der Waals surface area contributed by atoms with Gasteiger partial charge in [0.1, 0.15) is 6.04 Å². The van der Waals surface area contributed by atoms with Crippen LogP contribution < -0.4 is 5.32 Å². The summed E-state index contributed by atoms with van der Waals surface area (Å²) >= 11 is 1.47. The molecule has 1 fully saturated rings. The van der Waals surface area contributed by atoms with E-state index < -0.39 is 6.04 Å². The number of hydrogen-bond acceptors (Lipinski definition) is 5. The summed E-state index contributed by atoms with van der Waals surface area (Å²) in [5.41, 5.74) is 0.635. The van der Waals surface area contributed by atoms with Crippen LogP contribution in [0.2, 0.25) is 0 Å². The molecule has 2 rings (SSSR count). The minimum Gasteiger partial charge on any atom is -0.464 e. The number of nitrogens with one attached hydrogen (secondary N) is 1. The first kappa shape index (κ1) is 13.0. The van der Waals surface area contributed by atoms with Crippen LogP contribution in [0.25, 0.3) is 0 Å². The average Bonchev–Trinajstić information content (AvgIpc) is 2.92. The quantitative estimate of drug-likeness (QED) is 0.821. The molecule has 6 heteroatoms. The Morgan fingerprint density at radius 2 is 2.44 bits per heavy atom. The Bertz CT molecular complexity index is 419. The molecule has 0 radical (unpaired) electrons. The van der Waals surface area contributed by atoms with E-state index in [1.54, 1.807) is 23.3 Å². The number of amides is 1. The molecule has 0 spiro atoms. The van der Waals surface area contributed by atoms with E-state index in [4.69, 9.17) is 4.74 Å². The summed E-state index contributed by atoms with van der Waals surface area (Å²) in [6.45, 7) is 3.77. The number of rotatable bonds is 3. The van der Waals surface area contributed by atoms with Crippen LogP contribution in [0.1, 0.15) is 17.3 Å². The minimum absolute atomic E-state index is 0.101. The molecule has 5 nitrogen and oxygen atoms in total. The van der Waals surface area contributed by atoms with Crippen LogP contribution in [0.3, 0.4) is 0 Å². The lowest BCUT2D eigenvalue weighted by atomic mass is 10.1. The van der Waals surface area contributed by atoms with Crippen molar-refractivity contribution in [3.63, 3.8) is 0 Å². The number of hydrogen-bond donors (Lipinski definition) is 1. The molecule has 0 aromatic carbocycles. The number of ether oxygens (including phenoxy) is 1. The highest BCUT2D eigenvalue weighted by molar-refractivity contribution is 7.08. The largest absolute Gasteiger partial charge is 0.464 e. The molecule has 1 atom stereocenters. The SMILES string of the molecule is CCOC(=O)C1CNCCN1C(=O)c1ccsc1. The highest BCUT2D eigenvalue weighted by Gasteiger charge is 2.33. The fraction of sp³-hybridized carbons (Fsp3) is 0.500. The number of nitrogens with zero attached hydrogens (tertiary/aromatic N) is 1. The third kappa shape index (κ3) is 2.70. The minimum atomic E-state index is -0.522.